The van der Waals surface area contributed by atoms with Crippen LogP contribution in [0.1, 0.15) is 28.8 Å². The molecular formula is C21H19ClFN7O3. The number of amides is 1. The van der Waals surface area contributed by atoms with Gasteiger partial charge >= 0.3 is 0 Å². The molecular weight excluding hydrogens is 453 g/mol. The Morgan fingerprint density at radius 1 is 1.30 bits per heavy atom. The maximum atomic E-state index is 13.9. The van der Waals surface area contributed by atoms with Crippen molar-refractivity contribution < 1.29 is 18.4 Å². The molecule has 0 bridgehead atoms. The van der Waals surface area contributed by atoms with Crippen LogP contribution in [0.25, 0.3) is 11.6 Å². The third kappa shape index (κ3) is 4.27. The number of pyridine rings is 2. The molecule has 0 aliphatic heterocycles. The van der Waals surface area contributed by atoms with Crippen molar-refractivity contribution in [2.75, 3.05) is 13.7 Å². The molecule has 0 aromatic carbocycles. The summed E-state index contributed by atoms with van der Waals surface area (Å²) in [4.78, 5) is 25.1. The Balaban J connectivity index is 1.63. The zero-order chi connectivity index (χ0) is 23.6. The van der Waals surface area contributed by atoms with E-state index in [0.717, 1.165) is 0 Å². The molecule has 0 saturated heterocycles. The summed E-state index contributed by atoms with van der Waals surface area (Å²) >= 11 is 6.13. The molecule has 1 atom stereocenters. The van der Waals surface area contributed by atoms with Crippen LogP contribution < -0.4 is 10.1 Å². The first-order chi connectivity index (χ1) is 15.8. The highest BCUT2D eigenvalue weighted by Crippen LogP contribution is 2.36. The maximum absolute atomic E-state index is 13.9. The van der Waals surface area contributed by atoms with Gasteiger partial charge in [0.2, 0.25) is 5.88 Å². The van der Waals surface area contributed by atoms with Crippen molar-refractivity contribution in [1.82, 2.24) is 35.2 Å². The van der Waals surface area contributed by atoms with Gasteiger partial charge < -0.3 is 14.6 Å². The molecule has 1 unspecified atom stereocenters. The van der Waals surface area contributed by atoms with E-state index in [2.05, 4.69) is 30.5 Å². The lowest BCUT2D eigenvalue weighted by Crippen LogP contribution is -2.40. The number of rotatable bonds is 7. The highest BCUT2D eigenvalue weighted by Gasteiger charge is 2.36. The monoisotopic (exact) mass is 471 g/mol. The summed E-state index contributed by atoms with van der Waals surface area (Å²) in [7, 11) is 3.27. The van der Waals surface area contributed by atoms with Gasteiger partial charge in [-0.2, -0.15) is 10.1 Å². The third-order valence-corrected chi connectivity index (χ3v) is 5.36. The molecule has 4 aromatic heterocycles. The van der Waals surface area contributed by atoms with E-state index in [0.29, 0.717) is 22.3 Å². The van der Waals surface area contributed by atoms with E-state index < -0.39 is 17.1 Å². The summed E-state index contributed by atoms with van der Waals surface area (Å²) in [6, 6.07) is 7.85. The number of methoxy groups -OCH3 is 1. The topological polar surface area (TPSA) is 121 Å². The second-order valence-corrected chi connectivity index (χ2v) is 7.70. The molecule has 4 heterocycles. The van der Waals surface area contributed by atoms with Crippen LogP contribution in [0.5, 0.6) is 5.88 Å². The summed E-state index contributed by atoms with van der Waals surface area (Å²) in [5, 5.41) is 11.0. The first-order valence-electron chi connectivity index (χ1n) is 9.76. The van der Waals surface area contributed by atoms with Crippen molar-refractivity contribution in [2.24, 2.45) is 7.05 Å². The van der Waals surface area contributed by atoms with E-state index in [-0.39, 0.29) is 24.0 Å². The van der Waals surface area contributed by atoms with Crippen LogP contribution in [0.2, 0.25) is 5.15 Å². The number of aryl methyl sites for hydroxylation is 1. The molecule has 0 spiro atoms. The summed E-state index contributed by atoms with van der Waals surface area (Å²) in [5.41, 5.74) is 0.259. The zero-order valence-corrected chi connectivity index (χ0v) is 18.7. The molecule has 0 aliphatic rings. The summed E-state index contributed by atoms with van der Waals surface area (Å²) in [6.07, 6.45) is 3.02. The minimum atomic E-state index is -0.875. The van der Waals surface area contributed by atoms with Gasteiger partial charge in [0, 0.05) is 25.4 Å². The van der Waals surface area contributed by atoms with E-state index in [1.807, 2.05) is 6.92 Å². The normalized spacial score (nSPS) is 12.9. The lowest BCUT2D eigenvalue weighted by Gasteiger charge is -2.29. The van der Waals surface area contributed by atoms with Crippen molar-refractivity contribution in [3.63, 3.8) is 0 Å². The molecule has 0 aliphatic carbocycles. The fraction of sp³-hybridized carbons (Fsp3) is 0.238. The minimum absolute atomic E-state index is 0.0725. The van der Waals surface area contributed by atoms with E-state index in [1.165, 1.54) is 25.4 Å². The van der Waals surface area contributed by atoms with Gasteiger partial charge in [0.25, 0.3) is 17.6 Å². The molecule has 0 fully saturated rings. The van der Waals surface area contributed by atoms with Crippen molar-refractivity contribution in [1.29, 1.82) is 0 Å². The van der Waals surface area contributed by atoms with Crippen molar-refractivity contribution in [3.8, 4) is 17.5 Å². The van der Waals surface area contributed by atoms with Crippen molar-refractivity contribution in [2.45, 2.75) is 12.3 Å². The van der Waals surface area contributed by atoms with Gasteiger partial charge in [0.1, 0.15) is 5.15 Å². The fourth-order valence-electron chi connectivity index (χ4n) is 3.38. The van der Waals surface area contributed by atoms with Crippen LogP contribution in [0.4, 0.5) is 4.39 Å². The molecule has 0 radical (unpaired) electrons. The number of ether oxygens (including phenoxy) is 1. The van der Waals surface area contributed by atoms with Gasteiger partial charge in [-0.15, -0.1) is 0 Å². The predicted molar refractivity (Wildman–Crippen MR) is 115 cm³/mol. The lowest BCUT2D eigenvalue weighted by atomic mass is 9.80. The number of nitrogens with one attached hydrogen (secondary N) is 1. The van der Waals surface area contributed by atoms with Gasteiger partial charge in [0.05, 0.1) is 24.4 Å². The highest BCUT2D eigenvalue weighted by atomic mass is 35.5. The van der Waals surface area contributed by atoms with Crippen LogP contribution in [-0.4, -0.2) is 49.5 Å². The molecule has 4 rings (SSSR count). The van der Waals surface area contributed by atoms with Crippen LogP contribution in [0.15, 0.2) is 47.2 Å². The Morgan fingerprint density at radius 2 is 2.12 bits per heavy atom. The first kappa shape index (κ1) is 22.3. The van der Waals surface area contributed by atoms with Gasteiger partial charge in [-0.3, -0.25) is 4.79 Å². The Hall–Kier alpha value is -3.86. The van der Waals surface area contributed by atoms with E-state index in [9.17, 15) is 9.18 Å². The van der Waals surface area contributed by atoms with E-state index in [4.69, 9.17) is 20.9 Å². The Morgan fingerprint density at radius 3 is 2.85 bits per heavy atom. The highest BCUT2D eigenvalue weighted by molar-refractivity contribution is 6.29. The van der Waals surface area contributed by atoms with Crippen molar-refractivity contribution >= 4 is 17.5 Å². The molecule has 1 N–H and O–H groups in total. The number of hydrogen-bond acceptors (Lipinski definition) is 8. The van der Waals surface area contributed by atoms with Gasteiger partial charge in [-0.1, -0.05) is 22.8 Å². The van der Waals surface area contributed by atoms with Crippen LogP contribution in [-0.2, 0) is 12.5 Å². The summed E-state index contributed by atoms with van der Waals surface area (Å²) in [6.45, 7) is 1.94. The zero-order valence-electron chi connectivity index (χ0n) is 17.9. The Kier molecular flexibility index (Phi) is 6.05. The third-order valence-electron chi connectivity index (χ3n) is 5.15. The fourth-order valence-corrected chi connectivity index (χ4v) is 3.54. The van der Waals surface area contributed by atoms with Gasteiger partial charge in [0.15, 0.2) is 11.5 Å². The number of halogens is 2. The average molecular weight is 472 g/mol. The summed E-state index contributed by atoms with van der Waals surface area (Å²) < 4.78 is 26.1. The second kappa shape index (κ2) is 8.94. The molecule has 170 valence electrons. The number of carbonyl (C=O) groups is 1. The quantitative estimate of drug-likeness (QED) is 0.408. The van der Waals surface area contributed by atoms with Crippen LogP contribution in [0, 0.1) is 5.82 Å². The standard InChI is InChI=1S/C21H19ClFN7O3/c1-21(14-7-4-8-15(22)27-14,12-10-26-30(2)20(12)32-3)11-25-18(31)17-28-19(33-29-17)16-13(23)6-5-9-24-16/h4-10H,11H2,1-3H3,(H,25,31). The molecule has 1 amide bonds. The van der Waals surface area contributed by atoms with Gasteiger partial charge in [-0.25, -0.2) is 19.0 Å². The Labute approximate surface area is 192 Å². The summed E-state index contributed by atoms with van der Waals surface area (Å²) in [5.74, 6) is -1.24. The number of carbonyl (C=O) groups excluding carboxylic acids is 1. The van der Waals surface area contributed by atoms with Crippen molar-refractivity contribution in [3.05, 3.63) is 70.8 Å². The maximum Gasteiger partial charge on any atom is 0.292 e. The second-order valence-electron chi connectivity index (χ2n) is 7.31. The average Bonchev–Trinajstić information content (AvgIpc) is 3.44. The van der Waals surface area contributed by atoms with Crippen LogP contribution in [0.3, 0.4) is 0 Å². The minimum Gasteiger partial charge on any atom is -0.481 e. The van der Waals surface area contributed by atoms with E-state index in [1.54, 1.807) is 36.1 Å². The lowest BCUT2D eigenvalue weighted by molar-refractivity contribution is 0.0933. The number of aromatic nitrogens is 6. The SMILES string of the molecule is COc1c(C(C)(CNC(=O)c2noc(-c3ncccc3F)n2)c2cccc(Cl)n2)cnn1C. The largest absolute Gasteiger partial charge is 0.481 e. The first-order valence-corrected chi connectivity index (χ1v) is 10.1. The smallest absolute Gasteiger partial charge is 0.292 e. The van der Waals surface area contributed by atoms with Gasteiger partial charge in [-0.05, 0) is 31.2 Å². The number of hydrogen-bond donors (Lipinski definition) is 1. The molecule has 12 heteroatoms. The molecule has 0 saturated carbocycles. The number of nitrogens with zero attached hydrogens (tertiary/aromatic N) is 6. The Bertz CT molecular complexity index is 1310. The van der Waals surface area contributed by atoms with Crippen LogP contribution >= 0.6 is 11.6 Å². The molecule has 33 heavy (non-hydrogen) atoms. The predicted octanol–water partition coefficient (Wildman–Crippen LogP) is 2.80. The molecule has 4 aromatic rings. The molecule has 10 nitrogen and oxygen atoms in total. The van der Waals surface area contributed by atoms with E-state index >= 15 is 0 Å².